The molecule has 1 aliphatic rings. The molecule has 2 heteroatoms. The monoisotopic (exact) mass is 169 g/mol. The molecule has 1 aliphatic carbocycles. The van der Waals surface area contributed by atoms with Crippen molar-refractivity contribution in [2.24, 2.45) is 5.92 Å². The summed E-state index contributed by atoms with van der Waals surface area (Å²) < 4.78 is 0. The third-order valence-corrected chi connectivity index (χ3v) is 2.71. The van der Waals surface area contributed by atoms with Gasteiger partial charge in [-0.3, -0.25) is 4.79 Å². The topological polar surface area (TPSA) is 29.1 Å². The predicted octanol–water partition coefficient (Wildman–Crippen LogP) is 1.74. The van der Waals surface area contributed by atoms with Crippen molar-refractivity contribution in [1.29, 1.82) is 0 Å². The van der Waals surface area contributed by atoms with E-state index in [0.29, 0.717) is 11.7 Å². The average Bonchev–Trinajstić information content (AvgIpc) is 1.83. The molecule has 0 amide bonds. The minimum Gasteiger partial charge on any atom is -0.306 e. The summed E-state index contributed by atoms with van der Waals surface area (Å²) in [5.74, 6) is 0.745. The number of likely N-dealkylation sites (N-methyl/N-ethyl adjacent to an activating group) is 1. The highest BCUT2D eigenvalue weighted by atomic mass is 16.1. The fourth-order valence-electron chi connectivity index (χ4n) is 1.71. The summed E-state index contributed by atoms with van der Waals surface area (Å²) in [7, 11) is 0. The molecule has 1 saturated carbocycles. The maximum Gasteiger partial charge on any atom is 0.155 e. The lowest BCUT2D eigenvalue weighted by atomic mass is 9.76. The van der Waals surface area contributed by atoms with Crippen molar-refractivity contribution < 1.29 is 4.79 Å². The van der Waals surface area contributed by atoms with Gasteiger partial charge >= 0.3 is 0 Å². The molecular formula is C10H19NO. The first-order chi connectivity index (χ1) is 5.58. The standard InChI is InChI=1S/C10H19NO/c1-4-11-10(2,3)9(12)8-6-5-7-8/h8,11H,4-7H2,1-3H3. The van der Waals surface area contributed by atoms with Gasteiger partial charge in [-0.25, -0.2) is 0 Å². The van der Waals surface area contributed by atoms with Gasteiger partial charge in [0.25, 0.3) is 0 Å². The summed E-state index contributed by atoms with van der Waals surface area (Å²) in [6.07, 6.45) is 3.44. The van der Waals surface area contributed by atoms with Crippen molar-refractivity contribution in [2.75, 3.05) is 6.54 Å². The molecule has 0 aromatic rings. The molecular weight excluding hydrogens is 150 g/mol. The van der Waals surface area contributed by atoms with Gasteiger partial charge in [-0.1, -0.05) is 13.3 Å². The number of ketones is 1. The molecule has 0 bridgehead atoms. The minimum absolute atomic E-state index is 0.306. The van der Waals surface area contributed by atoms with E-state index < -0.39 is 0 Å². The molecule has 0 spiro atoms. The zero-order chi connectivity index (χ0) is 9.19. The Morgan fingerprint density at radius 1 is 1.50 bits per heavy atom. The lowest BCUT2D eigenvalue weighted by molar-refractivity contribution is -0.130. The van der Waals surface area contributed by atoms with Crippen molar-refractivity contribution in [2.45, 2.75) is 45.6 Å². The Balaban J connectivity index is 2.48. The Hall–Kier alpha value is -0.370. The number of nitrogens with one attached hydrogen (secondary N) is 1. The molecule has 0 aromatic carbocycles. The maximum atomic E-state index is 11.8. The van der Waals surface area contributed by atoms with Crippen LogP contribution in [-0.2, 0) is 4.79 Å². The Morgan fingerprint density at radius 2 is 2.08 bits per heavy atom. The number of Topliss-reactive ketones (excluding diaryl/α,β-unsaturated/α-hetero) is 1. The van der Waals surface area contributed by atoms with E-state index in [4.69, 9.17) is 0 Å². The van der Waals surface area contributed by atoms with Gasteiger partial charge in [0.2, 0.25) is 0 Å². The maximum absolute atomic E-state index is 11.8. The Labute approximate surface area is 74.7 Å². The van der Waals surface area contributed by atoms with Crippen LogP contribution in [0.25, 0.3) is 0 Å². The van der Waals surface area contributed by atoms with Gasteiger partial charge in [0.1, 0.15) is 0 Å². The van der Waals surface area contributed by atoms with Gasteiger partial charge in [-0.2, -0.15) is 0 Å². The van der Waals surface area contributed by atoms with Crippen LogP contribution in [0.15, 0.2) is 0 Å². The molecule has 1 rings (SSSR count). The normalized spacial score (nSPS) is 18.9. The summed E-state index contributed by atoms with van der Waals surface area (Å²) >= 11 is 0. The van der Waals surface area contributed by atoms with E-state index in [1.54, 1.807) is 0 Å². The Bertz CT molecular complexity index is 171. The molecule has 0 heterocycles. The van der Waals surface area contributed by atoms with E-state index in [-0.39, 0.29) is 5.54 Å². The predicted molar refractivity (Wildman–Crippen MR) is 50.1 cm³/mol. The van der Waals surface area contributed by atoms with Crippen LogP contribution in [0.5, 0.6) is 0 Å². The summed E-state index contributed by atoms with van der Waals surface area (Å²) in [4.78, 5) is 11.8. The van der Waals surface area contributed by atoms with E-state index in [1.165, 1.54) is 6.42 Å². The number of hydrogen-bond donors (Lipinski definition) is 1. The van der Waals surface area contributed by atoms with E-state index in [9.17, 15) is 4.79 Å². The SMILES string of the molecule is CCNC(C)(C)C(=O)C1CCC1. The first kappa shape index (κ1) is 9.72. The third-order valence-electron chi connectivity index (χ3n) is 2.71. The van der Waals surface area contributed by atoms with Gasteiger partial charge in [0.05, 0.1) is 5.54 Å². The molecule has 1 fully saturated rings. The van der Waals surface area contributed by atoms with Crippen molar-refractivity contribution in [1.82, 2.24) is 5.32 Å². The summed E-state index contributed by atoms with van der Waals surface area (Å²) in [5, 5.41) is 3.22. The first-order valence-corrected chi connectivity index (χ1v) is 4.87. The van der Waals surface area contributed by atoms with Crippen molar-refractivity contribution in [3.05, 3.63) is 0 Å². The van der Waals surface area contributed by atoms with Crippen LogP contribution in [0, 0.1) is 5.92 Å². The molecule has 2 nitrogen and oxygen atoms in total. The van der Waals surface area contributed by atoms with Crippen molar-refractivity contribution >= 4 is 5.78 Å². The molecule has 0 saturated heterocycles. The first-order valence-electron chi connectivity index (χ1n) is 4.87. The number of carbonyl (C=O) groups excluding carboxylic acids is 1. The molecule has 1 N–H and O–H groups in total. The highest BCUT2D eigenvalue weighted by Crippen LogP contribution is 2.30. The van der Waals surface area contributed by atoms with E-state index in [0.717, 1.165) is 19.4 Å². The van der Waals surface area contributed by atoms with Crippen LogP contribution >= 0.6 is 0 Å². The largest absolute Gasteiger partial charge is 0.306 e. The molecule has 0 atom stereocenters. The summed E-state index contributed by atoms with van der Waals surface area (Å²) in [6.45, 7) is 6.87. The van der Waals surface area contributed by atoms with Crippen LogP contribution in [0.1, 0.15) is 40.0 Å². The average molecular weight is 169 g/mol. The van der Waals surface area contributed by atoms with Crippen LogP contribution in [0.3, 0.4) is 0 Å². The summed E-state index contributed by atoms with van der Waals surface area (Å²) in [5.41, 5.74) is -0.306. The van der Waals surface area contributed by atoms with Gasteiger partial charge in [-0.05, 0) is 33.2 Å². The minimum atomic E-state index is -0.306. The number of carbonyl (C=O) groups is 1. The highest BCUT2D eigenvalue weighted by Gasteiger charge is 2.35. The lowest BCUT2D eigenvalue weighted by Gasteiger charge is -2.33. The second kappa shape index (κ2) is 3.56. The second-order valence-corrected chi connectivity index (χ2v) is 4.15. The van der Waals surface area contributed by atoms with Crippen LogP contribution in [0.4, 0.5) is 0 Å². The lowest BCUT2D eigenvalue weighted by Crippen LogP contribution is -2.50. The van der Waals surface area contributed by atoms with Crippen molar-refractivity contribution in [3.63, 3.8) is 0 Å². The fraction of sp³-hybridized carbons (Fsp3) is 0.900. The molecule has 12 heavy (non-hydrogen) atoms. The summed E-state index contributed by atoms with van der Waals surface area (Å²) in [6, 6.07) is 0. The molecule has 0 aromatic heterocycles. The van der Waals surface area contributed by atoms with E-state index in [1.807, 2.05) is 20.8 Å². The molecule has 70 valence electrons. The smallest absolute Gasteiger partial charge is 0.155 e. The number of rotatable bonds is 4. The molecule has 0 radical (unpaired) electrons. The van der Waals surface area contributed by atoms with Crippen LogP contribution < -0.4 is 5.32 Å². The molecule has 0 aliphatic heterocycles. The van der Waals surface area contributed by atoms with Gasteiger partial charge < -0.3 is 5.32 Å². The van der Waals surface area contributed by atoms with Crippen molar-refractivity contribution in [3.8, 4) is 0 Å². The second-order valence-electron chi connectivity index (χ2n) is 4.15. The van der Waals surface area contributed by atoms with E-state index >= 15 is 0 Å². The third kappa shape index (κ3) is 1.86. The Kier molecular flexibility index (Phi) is 2.89. The highest BCUT2D eigenvalue weighted by molar-refractivity contribution is 5.90. The number of hydrogen-bond acceptors (Lipinski definition) is 2. The van der Waals surface area contributed by atoms with Crippen LogP contribution in [0.2, 0.25) is 0 Å². The van der Waals surface area contributed by atoms with Gasteiger partial charge in [-0.15, -0.1) is 0 Å². The zero-order valence-corrected chi connectivity index (χ0v) is 8.31. The van der Waals surface area contributed by atoms with Crippen LogP contribution in [-0.4, -0.2) is 17.9 Å². The fourth-order valence-corrected chi connectivity index (χ4v) is 1.71. The Morgan fingerprint density at radius 3 is 2.42 bits per heavy atom. The quantitative estimate of drug-likeness (QED) is 0.694. The molecule has 0 unspecified atom stereocenters. The van der Waals surface area contributed by atoms with E-state index in [2.05, 4.69) is 5.32 Å². The zero-order valence-electron chi connectivity index (χ0n) is 8.31. The van der Waals surface area contributed by atoms with Gasteiger partial charge in [0.15, 0.2) is 5.78 Å². The van der Waals surface area contributed by atoms with Gasteiger partial charge in [0, 0.05) is 5.92 Å².